The van der Waals surface area contributed by atoms with Gasteiger partial charge in [-0.3, -0.25) is 9.59 Å². The van der Waals surface area contributed by atoms with E-state index in [2.05, 4.69) is 160 Å². The Kier molecular flexibility index (Phi) is 57.2. The lowest BCUT2D eigenvalue weighted by Gasteiger charge is -2.41. The lowest BCUT2D eigenvalue weighted by atomic mass is 9.99. The number of carbonyl (C=O) groups is 2. The van der Waals surface area contributed by atoms with E-state index >= 15 is 0 Å². The van der Waals surface area contributed by atoms with Gasteiger partial charge in [0, 0.05) is 6.42 Å². The van der Waals surface area contributed by atoms with Gasteiger partial charge in [-0.05, 0) is 122 Å². The summed E-state index contributed by atoms with van der Waals surface area (Å²) < 4.78 is 17.7. The molecule has 1 amide bonds. The first-order chi connectivity index (χ1) is 42.7. The highest BCUT2D eigenvalue weighted by atomic mass is 16.7. The maximum atomic E-state index is 13.5. The quantitative estimate of drug-likeness (QED) is 0.0195. The van der Waals surface area contributed by atoms with Gasteiger partial charge in [0.2, 0.25) is 5.91 Å². The van der Waals surface area contributed by atoms with Crippen LogP contribution < -0.4 is 5.32 Å². The van der Waals surface area contributed by atoms with E-state index in [0.717, 1.165) is 154 Å². The molecular weight excluding hydrogens is 1090 g/mol. The number of aliphatic hydroxyl groups excluding tert-OH is 5. The molecule has 494 valence electrons. The van der Waals surface area contributed by atoms with E-state index < -0.39 is 67.4 Å². The van der Waals surface area contributed by atoms with E-state index in [9.17, 15) is 35.1 Å². The number of aliphatic hydroxyl groups is 5. The molecular formula is C76H125NO10. The largest absolute Gasteiger partial charge is 0.454 e. The van der Waals surface area contributed by atoms with Gasteiger partial charge in [-0.15, -0.1) is 0 Å². The van der Waals surface area contributed by atoms with E-state index in [4.69, 9.17) is 14.2 Å². The molecule has 11 heteroatoms. The zero-order valence-corrected chi connectivity index (χ0v) is 54.8. The van der Waals surface area contributed by atoms with Crippen LogP contribution in [0.1, 0.15) is 258 Å². The van der Waals surface area contributed by atoms with Gasteiger partial charge >= 0.3 is 5.97 Å². The van der Waals surface area contributed by atoms with Crippen LogP contribution >= 0.6 is 0 Å². The second kappa shape index (κ2) is 61.8. The number of ether oxygens (including phenoxy) is 3. The van der Waals surface area contributed by atoms with Gasteiger partial charge in [-0.1, -0.05) is 276 Å². The molecule has 0 aromatic heterocycles. The van der Waals surface area contributed by atoms with Crippen LogP contribution in [0, 0.1) is 0 Å². The molecule has 0 saturated carbocycles. The average Bonchev–Trinajstić information content (AvgIpc) is 2.93. The molecule has 8 unspecified atom stereocenters. The third-order valence-electron chi connectivity index (χ3n) is 15.2. The molecule has 0 aromatic rings. The summed E-state index contributed by atoms with van der Waals surface area (Å²) in [7, 11) is 0. The molecule has 1 aliphatic rings. The second-order valence-electron chi connectivity index (χ2n) is 23.1. The van der Waals surface area contributed by atoms with Gasteiger partial charge in [-0.2, -0.15) is 0 Å². The van der Waals surface area contributed by atoms with Gasteiger partial charge in [0.05, 0.1) is 25.4 Å². The second-order valence-corrected chi connectivity index (χ2v) is 23.1. The number of hydrogen-bond donors (Lipinski definition) is 6. The van der Waals surface area contributed by atoms with Crippen LogP contribution in [-0.2, 0) is 23.8 Å². The Morgan fingerprint density at radius 1 is 0.460 bits per heavy atom. The minimum absolute atomic E-state index is 0.102. The van der Waals surface area contributed by atoms with Crippen LogP contribution in [0.4, 0.5) is 0 Å². The van der Waals surface area contributed by atoms with E-state index in [1.807, 2.05) is 6.08 Å². The molecule has 0 spiro atoms. The Labute approximate surface area is 530 Å². The van der Waals surface area contributed by atoms with E-state index in [-0.39, 0.29) is 19.4 Å². The van der Waals surface area contributed by atoms with Crippen molar-refractivity contribution in [1.82, 2.24) is 5.32 Å². The predicted octanol–water partition coefficient (Wildman–Crippen LogP) is 17.7. The molecule has 0 bridgehead atoms. The van der Waals surface area contributed by atoms with Crippen molar-refractivity contribution in [3.8, 4) is 0 Å². The monoisotopic (exact) mass is 1210 g/mol. The lowest BCUT2D eigenvalue weighted by molar-refractivity contribution is -0.305. The Morgan fingerprint density at radius 2 is 0.828 bits per heavy atom. The highest BCUT2D eigenvalue weighted by molar-refractivity contribution is 5.80. The SMILES string of the molecule is CC/C=C\C/C=C\C/C=C\C/C=C\C/C=C\C/C=C\CCCCCCCCCCC(=O)OC1C(OCC(NC(=O)C(O)CCCCCC/C=C\C/C=C\C/C=C\C/C=C\C/C=C\CC)C(O)/C=C/CCCCCCCCCCC)OC(CO)C(O)C1O. The first-order valence-electron chi connectivity index (χ1n) is 34.6. The summed E-state index contributed by atoms with van der Waals surface area (Å²) in [6, 6.07) is -1.05. The van der Waals surface area contributed by atoms with Crippen LogP contribution in [0.15, 0.2) is 146 Å². The zero-order valence-electron chi connectivity index (χ0n) is 54.8. The van der Waals surface area contributed by atoms with Crippen molar-refractivity contribution in [3.63, 3.8) is 0 Å². The van der Waals surface area contributed by atoms with Crippen LogP contribution in [0.2, 0.25) is 0 Å². The van der Waals surface area contributed by atoms with Crippen molar-refractivity contribution in [1.29, 1.82) is 0 Å². The molecule has 1 heterocycles. The fraction of sp³-hybridized carbons (Fsp3) is 0.658. The summed E-state index contributed by atoms with van der Waals surface area (Å²) in [6.45, 7) is 5.54. The maximum absolute atomic E-state index is 13.5. The average molecular weight is 1210 g/mol. The fourth-order valence-corrected chi connectivity index (χ4v) is 9.86. The van der Waals surface area contributed by atoms with Crippen LogP contribution in [0.25, 0.3) is 0 Å². The number of hydrogen-bond acceptors (Lipinski definition) is 10. The fourth-order valence-electron chi connectivity index (χ4n) is 9.86. The summed E-state index contributed by atoms with van der Waals surface area (Å²) in [5.74, 6) is -1.23. The Hall–Kier alpha value is -4.46. The number of rotatable bonds is 57. The molecule has 0 aromatic carbocycles. The van der Waals surface area contributed by atoms with Crippen molar-refractivity contribution in [2.45, 2.75) is 307 Å². The number of allylic oxidation sites excluding steroid dienone is 23. The molecule has 1 fully saturated rings. The van der Waals surface area contributed by atoms with Crippen molar-refractivity contribution in [3.05, 3.63) is 146 Å². The molecule has 0 aliphatic carbocycles. The smallest absolute Gasteiger partial charge is 0.306 e. The van der Waals surface area contributed by atoms with E-state index in [1.165, 1.54) is 57.8 Å². The molecule has 8 atom stereocenters. The Balaban J connectivity index is 2.60. The first kappa shape index (κ1) is 80.6. The lowest BCUT2D eigenvalue weighted by Crippen LogP contribution is -2.61. The summed E-state index contributed by atoms with van der Waals surface area (Å²) in [5.41, 5.74) is 0. The third kappa shape index (κ3) is 49.1. The molecule has 87 heavy (non-hydrogen) atoms. The molecule has 11 nitrogen and oxygen atoms in total. The minimum Gasteiger partial charge on any atom is -0.454 e. The summed E-state index contributed by atoms with van der Waals surface area (Å²) >= 11 is 0. The van der Waals surface area contributed by atoms with Gasteiger partial charge in [0.15, 0.2) is 12.4 Å². The number of unbranched alkanes of at least 4 members (excludes halogenated alkanes) is 21. The minimum atomic E-state index is -1.63. The molecule has 0 radical (unpaired) electrons. The standard InChI is InChI=1S/C76H125NO10/c1-4-7-10-13-16-19-22-24-26-28-30-32-33-34-35-36-37-38-40-42-44-46-49-52-55-58-61-64-71(81)87-74-73(83)72(82)70(65-78)86-76(74)85-66-67(68(79)62-59-56-53-50-47-21-18-15-12-9-6-3)77-75(84)69(80)63-60-57-54-51-48-45-43-41-39-31-29-27-25-23-20-17-14-11-8-5-2/h7-8,10-11,16-17,19-20,24-27,30-32,34-35,37-39,43,45,59,62,67-70,72-74,76,78-80,82-83H,4-6,9,12-15,18,21-23,28-29,33,36,40-42,44,46-58,60-61,63-66H2,1-3H3,(H,77,84)/b10-7-,11-8-,19-16-,20-17-,26-24-,27-25-,32-30-,35-34-,38-37-,39-31-,45-43-,62-59+. The van der Waals surface area contributed by atoms with Crippen LogP contribution in [-0.4, -0.2) is 99.6 Å². The molecule has 1 saturated heterocycles. The van der Waals surface area contributed by atoms with Crippen molar-refractivity contribution in [2.75, 3.05) is 13.2 Å². The molecule has 1 rings (SSSR count). The van der Waals surface area contributed by atoms with Gasteiger partial charge < -0.3 is 45.1 Å². The van der Waals surface area contributed by atoms with Crippen molar-refractivity contribution >= 4 is 11.9 Å². The van der Waals surface area contributed by atoms with Crippen LogP contribution in [0.5, 0.6) is 0 Å². The van der Waals surface area contributed by atoms with Gasteiger partial charge in [0.25, 0.3) is 0 Å². The van der Waals surface area contributed by atoms with Crippen LogP contribution in [0.3, 0.4) is 0 Å². The summed E-state index contributed by atoms with van der Waals surface area (Å²) in [4.78, 5) is 26.7. The van der Waals surface area contributed by atoms with E-state index in [1.54, 1.807) is 6.08 Å². The number of nitrogens with one attached hydrogen (secondary N) is 1. The number of carbonyl (C=O) groups excluding carboxylic acids is 2. The highest BCUT2D eigenvalue weighted by Gasteiger charge is 2.47. The summed E-state index contributed by atoms with van der Waals surface area (Å²) in [6.07, 6.45) is 78.8. The van der Waals surface area contributed by atoms with Gasteiger partial charge in [0.1, 0.15) is 24.4 Å². The topological polar surface area (TPSA) is 175 Å². The number of amides is 1. The van der Waals surface area contributed by atoms with Crippen molar-refractivity contribution in [2.24, 2.45) is 0 Å². The third-order valence-corrected chi connectivity index (χ3v) is 15.2. The predicted molar refractivity (Wildman–Crippen MR) is 365 cm³/mol. The maximum Gasteiger partial charge on any atom is 0.306 e. The van der Waals surface area contributed by atoms with E-state index in [0.29, 0.717) is 12.8 Å². The zero-order chi connectivity index (χ0) is 63.1. The molecule has 6 N–H and O–H groups in total. The summed E-state index contributed by atoms with van der Waals surface area (Å²) in [5, 5.41) is 57.1. The Morgan fingerprint density at radius 3 is 1.24 bits per heavy atom. The number of esters is 1. The highest BCUT2D eigenvalue weighted by Crippen LogP contribution is 2.26. The Bertz CT molecular complexity index is 1980. The van der Waals surface area contributed by atoms with Crippen molar-refractivity contribution < 1.29 is 49.3 Å². The van der Waals surface area contributed by atoms with Gasteiger partial charge in [-0.25, -0.2) is 0 Å². The molecule has 1 aliphatic heterocycles. The normalized spacial score (nSPS) is 19.2. The first-order valence-corrected chi connectivity index (χ1v) is 34.6.